The van der Waals surface area contributed by atoms with Gasteiger partial charge in [-0.15, -0.1) is 0 Å². The van der Waals surface area contributed by atoms with E-state index in [0.717, 1.165) is 0 Å². The molecule has 21 heavy (non-hydrogen) atoms. The average molecular weight is 296 g/mol. The Morgan fingerprint density at radius 1 is 1.48 bits per heavy atom. The lowest BCUT2D eigenvalue weighted by Crippen LogP contribution is -2.31. The summed E-state index contributed by atoms with van der Waals surface area (Å²) in [6.07, 6.45) is 0. The molecule has 1 aromatic carbocycles. The molecule has 0 aliphatic rings. The molecule has 0 saturated heterocycles. The molecule has 1 atom stereocenters. The first-order valence-corrected chi connectivity index (χ1v) is 6.72. The number of carbonyl (C=O) groups is 1. The SMILES string of the molecule is CCOCC(Nc1ccc([N+](=O)[O-])c(C(=O)O)c1)C(C)C. The molecule has 0 amide bonds. The van der Waals surface area contributed by atoms with Crippen molar-refractivity contribution in [3.63, 3.8) is 0 Å². The highest BCUT2D eigenvalue weighted by atomic mass is 16.6. The quantitative estimate of drug-likeness (QED) is 0.565. The van der Waals surface area contributed by atoms with Crippen LogP contribution in [0.1, 0.15) is 31.1 Å². The van der Waals surface area contributed by atoms with Gasteiger partial charge < -0.3 is 15.2 Å². The van der Waals surface area contributed by atoms with Gasteiger partial charge in [-0.1, -0.05) is 13.8 Å². The summed E-state index contributed by atoms with van der Waals surface area (Å²) in [7, 11) is 0. The fourth-order valence-corrected chi connectivity index (χ4v) is 1.82. The molecule has 0 bridgehead atoms. The highest BCUT2D eigenvalue weighted by Crippen LogP contribution is 2.24. The maximum absolute atomic E-state index is 11.1. The Balaban J connectivity index is 3.00. The Bertz CT molecular complexity index is 516. The molecule has 0 aromatic heterocycles. The van der Waals surface area contributed by atoms with Crippen molar-refractivity contribution in [3.8, 4) is 0 Å². The van der Waals surface area contributed by atoms with Crippen LogP contribution in [-0.2, 0) is 4.74 Å². The predicted octanol–water partition coefficient (Wildman–Crippen LogP) is 2.77. The van der Waals surface area contributed by atoms with E-state index in [-0.39, 0.29) is 17.5 Å². The molecule has 0 heterocycles. The Hall–Kier alpha value is -2.15. The van der Waals surface area contributed by atoms with Crippen molar-refractivity contribution >= 4 is 17.3 Å². The van der Waals surface area contributed by atoms with Gasteiger partial charge in [0, 0.05) is 18.4 Å². The molecular weight excluding hydrogens is 276 g/mol. The Morgan fingerprint density at radius 3 is 2.62 bits per heavy atom. The summed E-state index contributed by atoms with van der Waals surface area (Å²) >= 11 is 0. The summed E-state index contributed by atoms with van der Waals surface area (Å²) in [5.74, 6) is -1.06. The van der Waals surface area contributed by atoms with Crippen LogP contribution in [0.15, 0.2) is 18.2 Å². The van der Waals surface area contributed by atoms with E-state index in [1.165, 1.54) is 18.2 Å². The number of rotatable bonds is 8. The first-order chi connectivity index (χ1) is 9.86. The molecule has 116 valence electrons. The molecule has 2 N–H and O–H groups in total. The van der Waals surface area contributed by atoms with Crippen LogP contribution in [0, 0.1) is 16.0 Å². The van der Waals surface area contributed by atoms with E-state index >= 15 is 0 Å². The Labute approximate surface area is 123 Å². The van der Waals surface area contributed by atoms with Crippen molar-refractivity contribution in [1.82, 2.24) is 0 Å². The molecule has 7 nitrogen and oxygen atoms in total. The summed E-state index contributed by atoms with van der Waals surface area (Å²) in [5.41, 5.74) is -0.223. The topological polar surface area (TPSA) is 102 Å². The summed E-state index contributed by atoms with van der Waals surface area (Å²) in [6, 6.07) is 3.98. The molecule has 0 saturated carbocycles. The number of nitro groups is 1. The van der Waals surface area contributed by atoms with Crippen LogP contribution in [0.3, 0.4) is 0 Å². The van der Waals surface area contributed by atoms with E-state index in [9.17, 15) is 14.9 Å². The second kappa shape index (κ2) is 7.58. The number of carboxylic acid groups (broad SMARTS) is 1. The van der Waals surface area contributed by atoms with E-state index in [4.69, 9.17) is 9.84 Å². The number of anilines is 1. The van der Waals surface area contributed by atoms with Crippen LogP contribution in [-0.4, -0.2) is 35.3 Å². The Kier molecular flexibility index (Phi) is 6.10. The normalized spacial score (nSPS) is 12.2. The summed E-state index contributed by atoms with van der Waals surface area (Å²) in [6.45, 7) is 6.99. The molecule has 0 aliphatic carbocycles. The third-order valence-electron chi connectivity index (χ3n) is 3.08. The minimum Gasteiger partial charge on any atom is -0.477 e. The maximum Gasteiger partial charge on any atom is 0.342 e. The van der Waals surface area contributed by atoms with E-state index in [2.05, 4.69) is 5.32 Å². The number of hydrogen-bond acceptors (Lipinski definition) is 5. The number of nitro benzene ring substituents is 1. The van der Waals surface area contributed by atoms with Crippen LogP contribution < -0.4 is 5.32 Å². The second-order valence-corrected chi connectivity index (χ2v) is 4.95. The van der Waals surface area contributed by atoms with Crippen molar-refractivity contribution in [2.45, 2.75) is 26.8 Å². The maximum atomic E-state index is 11.1. The van der Waals surface area contributed by atoms with Gasteiger partial charge in [-0.25, -0.2) is 4.79 Å². The van der Waals surface area contributed by atoms with Gasteiger partial charge in [0.05, 0.1) is 17.6 Å². The summed E-state index contributed by atoms with van der Waals surface area (Å²) in [4.78, 5) is 21.2. The monoisotopic (exact) mass is 296 g/mol. The first kappa shape index (κ1) is 16.9. The summed E-state index contributed by atoms with van der Waals surface area (Å²) < 4.78 is 5.38. The molecule has 1 rings (SSSR count). The number of hydrogen-bond donors (Lipinski definition) is 2. The van der Waals surface area contributed by atoms with Crippen molar-refractivity contribution in [3.05, 3.63) is 33.9 Å². The number of carboxylic acids is 1. The molecule has 0 aliphatic heterocycles. The lowest BCUT2D eigenvalue weighted by molar-refractivity contribution is -0.385. The minimum atomic E-state index is -1.32. The second-order valence-electron chi connectivity index (χ2n) is 4.95. The fourth-order valence-electron chi connectivity index (χ4n) is 1.82. The average Bonchev–Trinajstić information content (AvgIpc) is 2.42. The van der Waals surface area contributed by atoms with E-state index in [0.29, 0.717) is 18.9 Å². The smallest absolute Gasteiger partial charge is 0.342 e. The molecule has 0 radical (unpaired) electrons. The van der Waals surface area contributed by atoms with Gasteiger partial charge >= 0.3 is 5.97 Å². The van der Waals surface area contributed by atoms with Gasteiger partial charge in [-0.2, -0.15) is 0 Å². The van der Waals surface area contributed by atoms with Gasteiger partial charge in [-0.05, 0) is 25.0 Å². The van der Waals surface area contributed by atoms with Gasteiger partial charge in [0.25, 0.3) is 5.69 Å². The van der Waals surface area contributed by atoms with Gasteiger partial charge in [0.15, 0.2) is 0 Å². The molecule has 0 spiro atoms. The number of aromatic carboxylic acids is 1. The highest BCUT2D eigenvalue weighted by molar-refractivity contribution is 5.93. The predicted molar refractivity (Wildman–Crippen MR) is 78.8 cm³/mol. The van der Waals surface area contributed by atoms with Crippen LogP contribution in [0.4, 0.5) is 11.4 Å². The third kappa shape index (κ3) is 4.71. The van der Waals surface area contributed by atoms with Crippen LogP contribution in [0.5, 0.6) is 0 Å². The molecule has 0 fully saturated rings. The van der Waals surface area contributed by atoms with E-state index in [1.807, 2.05) is 20.8 Å². The van der Waals surface area contributed by atoms with Crippen molar-refractivity contribution in [2.75, 3.05) is 18.5 Å². The lowest BCUT2D eigenvalue weighted by Gasteiger charge is -2.23. The van der Waals surface area contributed by atoms with Gasteiger partial charge in [0.2, 0.25) is 0 Å². The molecule has 7 heteroatoms. The number of nitrogens with one attached hydrogen (secondary N) is 1. The van der Waals surface area contributed by atoms with E-state index in [1.54, 1.807) is 0 Å². The lowest BCUT2D eigenvalue weighted by atomic mass is 10.0. The highest BCUT2D eigenvalue weighted by Gasteiger charge is 2.21. The zero-order valence-corrected chi connectivity index (χ0v) is 12.3. The number of nitrogens with zero attached hydrogens (tertiary/aromatic N) is 1. The minimum absolute atomic E-state index is 0.00643. The summed E-state index contributed by atoms with van der Waals surface area (Å²) in [5, 5.41) is 23.0. The molecular formula is C14H20N2O5. The zero-order chi connectivity index (χ0) is 16.0. The first-order valence-electron chi connectivity index (χ1n) is 6.72. The van der Waals surface area contributed by atoms with Gasteiger partial charge in [-0.3, -0.25) is 10.1 Å². The standard InChI is InChI=1S/C14H20N2O5/c1-4-21-8-12(9(2)3)15-10-5-6-13(16(19)20)11(7-10)14(17)18/h5-7,9,12,15H,4,8H2,1-3H3,(H,17,18). The number of benzene rings is 1. The van der Waals surface area contributed by atoms with Crippen molar-refractivity contribution < 1.29 is 19.6 Å². The Morgan fingerprint density at radius 2 is 2.14 bits per heavy atom. The van der Waals surface area contributed by atoms with Crippen LogP contribution >= 0.6 is 0 Å². The largest absolute Gasteiger partial charge is 0.477 e. The molecule has 1 unspecified atom stereocenters. The van der Waals surface area contributed by atoms with Gasteiger partial charge in [0.1, 0.15) is 5.56 Å². The van der Waals surface area contributed by atoms with Crippen LogP contribution in [0.2, 0.25) is 0 Å². The van der Waals surface area contributed by atoms with Crippen molar-refractivity contribution in [2.24, 2.45) is 5.92 Å². The van der Waals surface area contributed by atoms with Crippen molar-refractivity contribution in [1.29, 1.82) is 0 Å². The molecule has 1 aromatic rings. The number of ether oxygens (including phenoxy) is 1. The fraction of sp³-hybridized carbons (Fsp3) is 0.500. The third-order valence-corrected chi connectivity index (χ3v) is 3.08. The van der Waals surface area contributed by atoms with E-state index < -0.39 is 16.6 Å². The zero-order valence-electron chi connectivity index (χ0n) is 12.3. The van der Waals surface area contributed by atoms with Crippen LogP contribution in [0.25, 0.3) is 0 Å².